The predicted molar refractivity (Wildman–Crippen MR) is 50.1 cm³/mol. The van der Waals surface area contributed by atoms with E-state index < -0.39 is 11.8 Å². The van der Waals surface area contributed by atoms with Crippen LogP contribution in [0, 0.1) is 11.3 Å². The van der Waals surface area contributed by atoms with Crippen molar-refractivity contribution in [2.24, 2.45) is 11.3 Å². The second-order valence-electron chi connectivity index (χ2n) is 4.95. The summed E-state index contributed by atoms with van der Waals surface area (Å²) in [6.45, 7) is 6.53. The molecule has 1 aliphatic rings. The van der Waals surface area contributed by atoms with Crippen molar-refractivity contribution in [1.29, 1.82) is 0 Å². The Hall–Kier alpha value is -0.670. The van der Waals surface area contributed by atoms with Crippen LogP contribution in [0.1, 0.15) is 27.2 Å². The summed E-state index contributed by atoms with van der Waals surface area (Å²) < 4.78 is 23.9. The monoisotopic (exact) mass is 205 g/mol. The molecule has 0 spiro atoms. The first-order valence-corrected chi connectivity index (χ1v) is 4.88. The van der Waals surface area contributed by atoms with E-state index in [4.69, 9.17) is 0 Å². The van der Waals surface area contributed by atoms with Crippen molar-refractivity contribution in [3.05, 3.63) is 0 Å². The van der Waals surface area contributed by atoms with Crippen molar-refractivity contribution in [3.63, 3.8) is 0 Å². The molecule has 1 aliphatic heterocycles. The third-order valence-corrected chi connectivity index (χ3v) is 2.40. The third-order valence-electron chi connectivity index (χ3n) is 2.40. The number of halogens is 2. The number of likely N-dealkylation sites (tertiary alicyclic amines) is 1. The maximum Gasteiger partial charge on any atom is 0.239 e. The fourth-order valence-electron chi connectivity index (χ4n) is 1.61. The van der Waals surface area contributed by atoms with Gasteiger partial charge in [-0.15, -0.1) is 0 Å². The Balaban J connectivity index is 2.31. The molecule has 2 nitrogen and oxygen atoms in total. The summed E-state index contributed by atoms with van der Waals surface area (Å²) in [6, 6.07) is 0. The van der Waals surface area contributed by atoms with E-state index in [2.05, 4.69) is 0 Å². The Bertz CT molecular complexity index is 217. The maximum atomic E-state index is 12.0. The standard InChI is InChI=1S/C10H17F2NO/c1-10(2,3)9(14)13-5-7(6-13)4-8(11)12/h7-8H,4-6H2,1-3H3. The molecule has 0 aromatic rings. The largest absolute Gasteiger partial charge is 0.342 e. The zero-order valence-electron chi connectivity index (χ0n) is 8.89. The lowest BCUT2D eigenvalue weighted by Gasteiger charge is -2.42. The summed E-state index contributed by atoms with van der Waals surface area (Å²) in [6.07, 6.45) is -2.32. The van der Waals surface area contributed by atoms with E-state index in [1.165, 1.54) is 0 Å². The van der Waals surface area contributed by atoms with Gasteiger partial charge < -0.3 is 4.90 Å². The number of nitrogens with zero attached hydrogens (tertiary/aromatic N) is 1. The second-order valence-corrected chi connectivity index (χ2v) is 4.95. The summed E-state index contributed by atoms with van der Waals surface area (Å²) >= 11 is 0. The highest BCUT2D eigenvalue weighted by Gasteiger charge is 2.36. The Morgan fingerprint density at radius 3 is 2.29 bits per heavy atom. The van der Waals surface area contributed by atoms with Crippen LogP contribution in [0.3, 0.4) is 0 Å². The molecule has 1 rings (SSSR count). The van der Waals surface area contributed by atoms with Gasteiger partial charge in [0.1, 0.15) is 0 Å². The van der Waals surface area contributed by atoms with E-state index in [9.17, 15) is 13.6 Å². The Labute approximate surface area is 83.3 Å². The lowest BCUT2D eigenvalue weighted by molar-refractivity contribution is -0.147. The van der Waals surface area contributed by atoms with Crippen LogP contribution in [0.4, 0.5) is 8.78 Å². The molecule has 4 heteroatoms. The van der Waals surface area contributed by atoms with Crippen molar-refractivity contribution in [2.45, 2.75) is 33.6 Å². The molecule has 0 unspecified atom stereocenters. The normalized spacial score (nSPS) is 18.6. The molecule has 1 saturated heterocycles. The highest BCUT2D eigenvalue weighted by atomic mass is 19.3. The molecule has 1 heterocycles. The van der Waals surface area contributed by atoms with Gasteiger partial charge in [0.25, 0.3) is 0 Å². The number of carbonyl (C=O) groups excluding carboxylic acids is 1. The highest BCUT2D eigenvalue weighted by Crippen LogP contribution is 2.27. The average Bonchev–Trinajstić information content (AvgIpc) is 1.92. The first-order valence-electron chi connectivity index (χ1n) is 4.88. The van der Waals surface area contributed by atoms with Crippen molar-refractivity contribution >= 4 is 5.91 Å². The molecule has 0 aliphatic carbocycles. The molecule has 0 saturated carbocycles. The van der Waals surface area contributed by atoms with E-state index in [0.717, 1.165) is 0 Å². The van der Waals surface area contributed by atoms with E-state index in [1.54, 1.807) is 4.90 Å². The Morgan fingerprint density at radius 1 is 1.43 bits per heavy atom. The van der Waals surface area contributed by atoms with Crippen LogP contribution in [-0.4, -0.2) is 30.3 Å². The molecule has 1 fully saturated rings. The Kier molecular flexibility index (Phi) is 3.12. The fourth-order valence-corrected chi connectivity index (χ4v) is 1.61. The minimum Gasteiger partial charge on any atom is -0.342 e. The van der Waals surface area contributed by atoms with Crippen LogP contribution in [0.5, 0.6) is 0 Å². The first-order chi connectivity index (χ1) is 6.30. The number of hydrogen-bond acceptors (Lipinski definition) is 1. The molecule has 1 amide bonds. The summed E-state index contributed by atoms with van der Waals surface area (Å²) in [7, 11) is 0. The maximum absolute atomic E-state index is 12.0. The molecule has 0 atom stereocenters. The molecular formula is C10H17F2NO. The van der Waals surface area contributed by atoms with Crippen molar-refractivity contribution in [1.82, 2.24) is 4.90 Å². The minimum atomic E-state index is -2.24. The van der Waals surface area contributed by atoms with Gasteiger partial charge in [0.05, 0.1) is 0 Å². The van der Waals surface area contributed by atoms with Gasteiger partial charge in [0.2, 0.25) is 12.3 Å². The minimum absolute atomic E-state index is 0.00120. The molecular weight excluding hydrogens is 188 g/mol. The van der Waals surface area contributed by atoms with Crippen LogP contribution in [-0.2, 0) is 4.79 Å². The lowest BCUT2D eigenvalue weighted by atomic mass is 9.89. The van der Waals surface area contributed by atoms with Crippen molar-refractivity contribution in [3.8, 4) is 0 Å². The highest BCUT2D eigenvalue weighted by molar-refractivity contribution is 5.82. The molecule has 0 aromatic heterocycles. The smallest absolute Gasteiger partial charge is 0.239 e. The Morgan fingerprint density at radius 2 is 1.93 bits per heavy atom. The van der Waals surface area contributed by atoms with Gasteiger partial charge in [-0.25, -0.2) is 8.78 Å². The van der Waals surface area contributed by atoms with Gasteiger partial charge in [-0.05, 0) is 5.92 Å². The molecule has 14 heavy (non-hydrogen) atoms. The number of alkyl halides is 2. The fraction of sp³-hybridized carbons (Fsp3) is 0.900. The quantitative estimate of drug-likeness (QED) is 0.676. The van der Waals surface area contributed by atoms with E-state index in [0.29, 0.717) is 13.1 Å². The molecule has 82 valence electrons. The van der Waals surface area contributed by atoms with Crippen LogP contribution < -0.4 is 0 Å². The van der Waals surface area contributed by atoms with Gasteiger partial charge in [-0.1, -0.05) is 20.8 Å². The average molecular weight is 205 g/mol. The zero-order valence-corrected chi connectivity index (χ0v) is 8.89. The molecule has 0 aromatic carbocycles. The predicted octanol–water partition coefficient (Wildman–Crippen LogP) is 2.15. The van der Waals surface area contributed by atoms with E-state index in [1.807, 2.05) is 20.8 Å². The van der Waals surface area contributed by atoms with Gasteiger partial charge >= 0.3 is 0 Å². The SMILES string of the molecule is CC(C)(C)C(=O)N1CC(CC(F)F)C1. The van der Waals surface area contributed by atoms with Crippen LogP contribution in [0.2, 0.25) is 0 Å². The van der Waals surface area contributed by atoms with Crippen molar-refractivity contribution in [2.75, 3.05) is 13.1 Å². The van der Waals surface area contributed by atoms with Crippen LogP contribution in [0.25, 0.3) is 0 Å². The first kappa shape index (κ1) is 11.4. The summed E-state index contributed by atoms with van der Waals surface area (Å²) in [5, 5.41) is 0. The van der Waals surface area contributed by atoms with Gasteiger partial charge in [-0.3, -0.25) is 4.79 Å². The van der Waals surface area contributed by atoms with Crippen molar-refractivity contribution < 1.29 is 13.6 Å². The molecule has 0 N–H and O–H groups in total. The van der Waals surface area contributed by atoms with E-state index in [-0.39, 0.29) is 18.2 Å². The second kappa shape index (κ2) is 3.83. The molecule has 0 bridgehead atoms. The zero-order chi connectivity index (χ0) is 10.9. The van der Waals surface area contributed by atoms with E-state index >= 15 is 0 Å². The summed E-state index contributed by atoms with van der Waals surface area (Å²) in [5.41, 5.74) is -0.393. The summed E-state index contributed by atoms with van der Waals surface area (Å²) in [4.78, 5) is 13.3. The number of rotatable bonds is 2. The number of carbonyl (C=O) groups is 1. The topological polar surface area (TPSA) is 20.3 Å². The van der Waals surface area contributed by atoms with Gasteiger partial charge in [0.15, 0.2) is 0 Å². The van der Waals surface area contributed by atoms with Gasteiger partial charge in [0, 0.05) is 24.9 Å². The number of amides is 1. The lowest BCUT2D eigenvalue weighted by Crippen LogP contribution is -2.53. The summed E-state index contributed by atoms with van der Waals surface area (Å²) in [5.74, 6) is 0.0596. The number of hydrogen-bond donors (Lipinski definition) is 0. The third kappa shape index (κ3) is 2.66. The molecule has 0 radical (unpaired) electrons. The van der Waals surface area contributed by atoms with Gasteiger partial charge in [-0.2, -0.15) is 0 Å². The van der Waals surface area contributed by atoms with Crippen LogP contribution >= 0.6 is 0 Å². The van der Waals surface area contributed by atoms with Crippen LogP contribution in [0.15, 0.2) is 0 Å².